The van der Waals surface area contributed by atoms with Crippen LogP contribution < -0.4 is 5.32 Å². The number of hydrogen-bond acceptors (Lipinski definition) is 3. The normalized spacial score (nSPS) is 10.6. The fourth-order valence-electron chi connectivity index (χ4n) is 2.13. The van der Waals surface area contributed by atoms with Crippen LogP contribution in [0, 0.1) is 5.82 Å². The van der Waals surface area contributed by atoms with Crippen molar-refractivity contribution in [3.63, 3.8) is 0 Å². The van der Waals surface area contributed by atoms with Crippen molar-refractivity contribution in [3.8, 4) is 11.3 Å². The highest BCUT2D eigenvalue weighted by Gasteiger charge is 2.15. The van der Waals surface area contributed by atoms with Crippen molar-refractivity contribution < 1.29 is 19.1 Å². The predicted octanol–water partition coefficient (Wildman–Crippen LogP) is 2.57. The largest absolute Gasteiger partial charge is 0.481 e. The lowest BCUT2D eigenvalue weighted by molar-refractivity contribution is -0.136. The van der Waals surface area contributed by atoms with Crippen LogP contribution in [-0.2, 0) is 11.3 Å². The Morgan fingerprint density at radius 3 is 2.78 bits per heavy atom. The molecule has 1 aromatic carbocycles. The van der Waals surface area contributed by atoms with Crippen LogP contribution in [0.4, 0.5) is 4.39 Å². The summed E-state index contributed by atoms with van der Waals surface area (Å²) in [6, 6.07) is 3.84. The molecule has 0 aliphatic heterocycles. The number of aliphatic carboxylic acids is 1. The highest BCUT2D eigenvalue weighted by molar-refractivity contribution is 6.33. The van der Waals surface area contributed by atoms with E-state index in [2.05, 4.69) is 10.4 Å². The predicted molar refractivity (Wildman–Crippen MR) is 82.9 cm³/mol. The van der Waals surface area contributed by atoms with Crippen molar-refractivity contribution >= 4 is 23.5 Å². The summed E-state index contributed by atoms with van der Waals surface area (Å²) in [6.07, 6.45) is 1.25. The van der Waals surface area contributed by atoms with Crippen molar-refractivity contribution in [2.75, 3.05) is 6.54 Å². The Bertz CT molecular complexity index is 746. The summed E-state index contributed by atoms with van der Waals surface area (Å²) in [5.41, 5.74) is 1.04. The summed E-state index contributed by atoms with van der Waals surface area (Å²) >= 11 is 6.09. The van der Waals surface area contributed by atoms with E-state index in [1.807, 2.05) is 6.92 Å². The molecule has 0 spiro atoms. The van der Waals surface area contributed by atoms with Gasteiger partial charge < -0.3 is 10.4 Å². The SMILES string of the molecule is CCn1ncc(Cl)c1-c1cc(F)cc(C(=O)NCCC(=O)O)c1. The number of carboxylic acids is 1. The van der Waals surface area contributed by atoms with Gasteiger partial charge in [-0.05, 0) is 25.1 Å². The van der Waals surface area contributed by atoms with E-state index < -0.39 is 17.7 Å². The van der Waals surface area contributed by atoms with Gasteiger partial charge in [0.2, 0.25) is 0 Å². The third-order valence-corrected chi connectivity index (χ3v) is 3.43. The molecule has 23 heavy (non-hydrogen) atoms. The van der Waals surface area contributed by atoms with Crippen molar-refractivity contribution in [2.45, 2.75) is 19.9 Å². The Kier molecular flexibility index (Phi) is 5.33. The third-order valence-electron chi connectivity index (χ3n) is 3.15. The number of halogens is 2. The number of amides is 1. The van der Waals surface area contributed by atoms with Gasteiger partial charge in [0.05, 0.1) is 23.3 Å². The lowest BCUT2D eigenvalue weighted by Crippen LogP contribution is -2.26. The first-order valence-corrected chi connectivity index (χ1v) is 7.32. The summed E-state index contributed by atoms with van der Waals surface area (Å²) in [6.45, 7) is 2.37. The van der Waals surface area contributed by atoms with E-state index in [-0.39, 0.29) is 18.5 Å². The molecule has 0 aliphatic rings. The zero-order chi connectivity index (χ0) is 17.0. The van der Waals surface area contributed by atoms with Gasteiger partial charge in [0.25, 0.3) is 5.91 Å². The number of carboxylic acid groups (broad SMARTS) is 1. The molecule has 1 aromatic heterocycles. The van der Waals surface area contributed by atoms with E-state index in [4.69, 9.17) is 16.7 Å². The number of nitrogens with one attached hydrogen (secondary N) is 1. The molecule has 2 rings (SSSR count). The number of aryl methyl sites for hydroxylation is 1. The minimum Gasteiger partial charge on any atom is -0.481 e. The van der Waals surface area contributed by atoms with E-state index in [0.29, 0.717) is 22.8 Å². The van der Waals surface area contributed by atoms with Gasteiger partial charge in [-0.15, -0.1) is 0 Å². The van der Waals surface area contributed by atoms with Crippen LogP contribution in [0.5, 0.6) is 0 Å². The molecule has 2 N–H and O–H groups in total. The van der Waals surface area contributed by atoms with Crippen LogP contribution in [0.2, 0.25) is 5.02 Å². The highest BCUT2D eigenvalue weighted by atomic mass is 35.5. The topological polar surface area (TPSA) is 84.2 Å². The number of carbonyl (C=O) groups is 2. The molecule has 1 amide bonds. The Balaban J connectivity index is 2.30. The second kappa shape index (κ2) is 7.23. The van der Waals surface area contributed by atoms with Crippen LogP contribution in [0.25, 0.3) is 11.3 Å². The summed E-state index contributed by atoms with van der Waals surface area (Å²) in [5, 5.41) is 15.4. The number of hydrogen-bond donors (Lipinski definition) is 2. The van der Waals surface area contributed by atoms with Gasteiger partial charge in [0.15, 0.2) is 0 Å². The first-order chi connectivity index (χ1) is 10.9. The van der Waals surface area contributed by atoms with E-state index in [9.17, 15) is 14.0 Å². The minimum absolute atomic E-state index is 0.0341. The molecule has 0 atom stereocenters. The number of carbonyl (C=O) groups excluding carboxylic acids is 1. The molecule has 0 radical (unpaired) electrons. The van der Waals surface area contributed by atoms with Crippen LogP contribution >= 0.6 is 11.6 Å². The average molecular weight is 340 g/mol. The van der Waals surface area contributed by atoms with Crippen LogP contribution in [-0.4, -0.2) is 33.3 Å². The van der Waals surface area contributed by atoms with Gasteiger partial charge in [0, 0.05) is 24.2 Å². The summed E-state index contributed by atoms with van der Waals surface area (Å²) in [7, 11) is 0. The number of nitrogens with zero attached hydrogens (tertiary/aromatic N) is 2. The summed E-state index contributed by atoms with van der Waals surface area (Å²) in [5.74, 6) is -2.17. The Hall–Kier alpha value is -2.41. The quantitative estimate of drug-likeness (QED) is 0.847. The number of aromatic nitrogens is 2. The fourth-order valence-corrected chi connectivity index (χ4v) is 2.38. The zero-order valence-electron chi connectivity index (χ0n) is 12.3. The molecule has 1 heterocycles. The third kappa shape index (κ3) is 4.07. The molecule has 122 valence electrons. The van der Waals surface area contributed by atoms with Gasteiger partial charge in [-0.1, -0.05) is 11.6 Å². The van der Waals surface area contributed by atoms with E-state index in [0.717, 1.165) is 6.07 Å². The average Bonchev–Trinajstić information content (AvgIpc) is 2.87. The van der Waals surface area contributed by atoms with Crippen molar-refractivity contribution in [2.24, 2.45) is 0 Å². The molecular weight excluding hydrogens is 325 g/mol. The second-order valence-corrected chi connectivity index (χ2v) is 5.19. The summed E-state index contributed by atoms with van der Waals surface area (Å²) < 4.78 is 15.5. The van der Waals surface area contributed by atoms with E-state index in [1.165, 1.54) is 18.3 Å². The molecule has 6 nitrogen and oxygen atoms in total. The van der Waals surface area contributed by atoms with Gasteiger partial charge in [-0.25, -0.2) is 4.39 Å². The summed E-state index contributed by atoms with van der Waals surface area (Å²) in [4.78, 5) is 22.5. The van der Waals surface area contributed by atoms with Crippen molar-refractivity contribution in [1.82, 2.24) is 15.1 Å². The van der Waals surface area contributed by atoms with Gasteiger partial charge in [0.1, 0.15) is 5.82 Å². The van der Waals surface area contributed by atoms with Crippen LogP contribution in [0.1, 0.15) is 23.7 Å². The molecule has 8 heteroatoms. The van der Waals surface area contributed by atoms with E-state index in [1.54, 1.807) is 4.68 Å². The zero-order valence-corrected chi connectivity index (χ0v) is 13.1. The van der Waals surface area contributed by atoms with Crippen molar-refractivity contribution in [1.29, 1.82) is 0 Å². The maximum Gasteiger partial charge on any atom is 0.305 e. The van der Waals surface area contributed by atoms with Gasteiger partial charge in [-0.2, -0.15) is 5.10 Å². The molecule has 0 saturated heterocycles. The Labute approximate surface area is 136 Å². The Morgan fingerprint density at radius 2 is 2.13 bits per heavy atom. The van der Waals surface area contributed by atoms with E-state index >= 15 is 0 Å². The molecule has 0 fully saturated rings. The lowest BCUT2D eigenvalue weighted by atomic mass is 10.1. The first kappa shape index (κ1) is 17.0. The maximum absolute atomic E-state index is 13.9. The molecule has 0 bridgehead atoms. The van der Waals surface area contributed by atoms with Gasteiger partial charge >= 0.3 is 5.97 Å². The maximum atomic E-state index is 13.9. The van der Waals surface area contributed by atoms with Crippen LogP contribution in [0.3, 0.4) is 0 Å². The first-order valence-electron chi connectivity index (χ1n) is 6.94. The standard InChI is InChI=1S/C15H15ClFN3O3/c1-2-20-14(12(16)8-19-20)9-5-10(7-11(17)6-9)15(23)18-4-3-13(21)22/h5-8H,2-4H2,1H3,(H,18,23)(H,21,22). The fraction of sp³-hybridized carbons (Fsp3) is 0.267. The lowest BCUT2D eigenvalue weighted by Gasteiger charge is -2.09. The number of benzene rings is 1. The van der Waals surface area contributed by atoms with Crippen LogP contribution in [0.15, 0.2) is 24.4 Å². The smallest absolute Gasteiger partial charge is 0.305 e. The minimum atomic E-state index is -1.02. The molecule has 2 aromatic rings. The molecule has 0 aliphatic carbocycles. The molecular formula is C15H15ClFN3O3. The molecule has 0 saturated carbocycles. The molecule has 0 unspecified atom stereocenters. The monoisotopic (exact) mass is 339 g/mol. The highest BCUT2D eigenvalue weighted by Crippen LogP contribution is 2.29. The van der Waals surface area contributed by atoms with Crippen molar-refractivity contribution in [3.05, 3.63) is 40.8 Å². The van der Waals surface area contributed by atoms with Gasteiger partial charge in [-0.3, -0.25) is 14.3 Å². The Morgan fingerprint density at radius 1 is 1.39 bits per heavy atom. The second-order valence-electron chi connectivity index (χ2n) is 4.79. The number of rotatable bonds is 6.